The predicted octanol–water partition coefficient (Wildman–Crippen LogP) is 5.34. The molecule has 4 saturated carbocycles. The first-order valence-electron chi connectivity index (χ1n) is 11.5. The molecule has 4 fully saturated rings. The maximum absolute atomic E-state index is 12.7. The monoisotopic (exact) mass is 431 g/mol. The lowest BCUT2D eigenvalue weighted by Crippen LogP contribution is -2.56. The Morgan fingerprint density at radius 2 is 1.57 bits per heavy atom. The van der Waals surface area contributed by atoms with Gasteiger partial charge in [-0.2, -0.15) is 0 Å². The molecule has 2 atom stereocenters. The summed E-state index contributed by atoms with van der Waals surface area (Å²) in [5, 5.41) is 3.81. The number of benzene rings is 1. The van der Waals surface area contributed by atoms with Gasteiger partial charge in [0.05, 0.1) is 5.92 Å². The van der Waals surface area contributed by atoms with Crippen molar-refractivity contribution in [1.29, 1.82) is 0 Å². The minimum Gasteiger partial charge on any atom is -0.455 e. The average Bonchev–Trinajstić information content (AvgIpc) is 2.67. The molecule has 0 spiro atoms. The normalized spacial score (nSPS) is 31.4. The average molecular weight is 432 g/mol. The number of nitrogens with one attached hydrogen (secondary N) is 1. The number of rotatable bonds is 7. The minimum absolute atomic E-state index is 0.0627. The van der Waals surface area contributed by atoms with Crippen molar-refractivity contribution in [3.8, 4) is 0 Å². The molecule has 1 aromatic rings. The Morgan fingerprint density at radius 3 is 2.07 bits per heavy atom. The lowest BCUT2D eigenvalue weighted by Gasteiger charge is -2.59. The smallest absolute Gasteiger partial charge is 0.314 e. The zero-order valence-corrected chi connectivity index (χ0v) is 19.1. The highest BCUT2D eigenvalue weighted by molar-refractivity contribution is 6.30. The fourth-order valence-electron chi connectivity index (χ4n) is 6.83. The second-order valence-corrected chi connectivity index (χ2v) is 10.9. The Bertz CT molecular complexity index is 753. The zero-order valence-electron chi connectivity index (χ0n) is 18.3. The first kappa shape index (κ1) is 21.7. The molecular weight excluding hydrogens is 398 g/mol. The molecule has 4 aliphatic rings. The molecule has 0 saturated heterocycles. The van der Waals surface area contributed by atoms with Crippen LogP contribution in [0.15, 0.2) is 24.3 Å². The zero-order chi connectivity index (χ0) is 21.5. The van der Waals surface area contributed by atoms with Crippen LogP contribution in [0.5, 0.6) is 0 Å². The highest BCUT2D eigenvalue weighted by atomic mass is 35.5. The third-order valence-electron chi connectivity index (χ3n) is 7.88. The van der Waals surface area contributed by atoms with E-state index in [-0.39, 0.29) is 35.9 Å². The van der Waals surface area contributed by atoms with Crippen LogP contribution >= 0.6 is 11.6 Å². The van der Waals surface area contributed by atoms with Crippen LogP contribution in [-0.2, 0) is 14.3 Å². The summed E-state index contributed by atoms with van der Waals surface area (Å²) in [7, 11) is 0. The summed E-state index contributed by atoms with van der Waals surface area (Å²) < 4.78 is 5.45. The molecule has 4 aliphatic carbocycles. The fraction of sp³-hybridized carbons (Fsp3) is 0.680. The molecule has 1 aromatic carbocycles. The van der Waals surface area contributed by atoms with Crippen LogP contribution in [-0.4, -0.2) is 24.5 Å². The number of carbonyl (C=O) groups excluding carboxylic acids is 2. The molecule has 5 heteroatoms. The third kappa shape index (κ3) is 4.39. The maximum atomic E-state index is 12.7. The summed E-state index contributed by atoms with van der Waals surface area (Å²) in [6.07, 6.45) is 7.89. The van der Waals surface area contributed by atoms with Gasteiger partial charge >= 0.3 is 5.97 Å². The molecule has 0 radical (unpaired) electrons. The third-order valence-corrected chi connectivity index (χ3v) is 8.13. The molecule has 0 aromatic heterocycles. The van der Waals surface area contributed by atoms with Crippen LogP contribution in [0.1, 0.15) is 70.8 Å². The summed E-state index contributed by atoms with van der Waals surface area (Å²) in [5.41, 5.74) is 1.11. The lowest BCUT2D eigenvalue weighted by atomic mass is 9.48. The summed E-state index contributed by atoms with van der Waals surface area (Å²) in [6, 6.07) is 7.39. The standard InChI is InChI=1S/C25H34ClNO3/c1-15(2)23(20-4-6-21(26)7-5-20)24(29)30-14-22(28)27-16(3)25-11-17-8-18(12-25)10-19(9-17)13-25/h4-7,15-19,23H,8-14H2,1-3H3,(H,27,28)/t16-,17?,18?,19?,23-,25?/m0/s1. The van der Waals surface area contributed by atoms with E-state index in [1.165, 1.54) is 38.5 Å². The summed E-state index contributed by atoms with van der Waals surface area (Å²) in [4.78, 5) is 25.4. The van der Waals surface area contributed by atoms with E-state index in [1.54, 1.807) is 12.1 Å². The summed E-state index contributed by atoms with van der Waals surface area (Å²) in [6.45, 7) is 5.90. The van der Waals surface area contributed by atoms with E-state index in [1.807, 2.05) is 26.0 Å². The molecular formula is C25H34ClNO3. The van der Waals surface area contributed by atoms with Gasteiger partial charge in [-0.05, 0) is 92.2 Å². The SMILES string of the molecule is CC(C)[C@H](C(=O)OCC(=O)N[C@@H](C)C12CC3CC(CC(C3)C1)C2)c1ccc(Cl)cc1. The van der Waals surface area contributed by atoms with Crippen molar-refractivity contribution in [2.75, 3.05) is 6.61 Å². The van der Waals surface area contributed by atoms with Gasteiger partial charge in [0, 0.05) is 11.1 Å². The van der Waals surface area contributed by atoms with Crippen LogP contribution in [0.25, 0.3) is 0 Å². The quantitative estimate of drug-likeness (QED) is 0.592. The van der Waals surface area contributed by atoms with Gasteiger partial charge < -0.3 is 10.1 Å². The number of amides is 1. The highest BCUT2D eigenvalue weighted by Gasteiger charge is 2.53. The van der Waals surface area contributed by atoms with Crippen LogP contribution in [0.2, 0.25) is 5.02 Å². The van der Waals surface area contributed by atoms with Crippen molar-refractivity contribution in [2.24, 2.45) is 29.1 Å². The number of esters is 1. The van der Waals surface area contributed by atoms with Crippen molar-refractivity contribution in [2.45, 2.75) is 71.3 Å². The predicted molar refractivity (Wildman–Crippen MR) is 118 cm³/mol. The van der Waals surface area contributed by atoms with Gasteiger partial charge in [-0.1, -0.05) is 37.6 Å². The molecule has 164 valence electrons. The van der Waals surface area contributed by atoms with Gasteiger partial charge in [0.1, 0.15) is 0 Å². The highest BCUT2D eigenvalue weighted by Crippen LogP contribution is 2.61. The van der Waals surface area contributed by atoms with E-state index < -0.39 is 5.92 Å². The molecule has 4 bridgehead atoms. The number of carbonyl (C=O) groups is 2. The summed E-state index contributed by atoms with van der Waals surface area (Å²) >= 11 is 5.97. The Balaban J connectivity index is 1.32. The largest absolute Gasteiger partial charge is 0.455 e. The number of hydrogen-bond acceptors (Lipinski definition) is 3. The van der Waals surface area contributed by atoms with E-state index in [2.05, 4.69) is 12.2 Å². The fourth-order valence-corrected chi connectivity index (χ4v) is 6.96. The van der Waals surface area contributed by atoms with E-state index in [0.717, 1.165) is 23.3 Å². The molecule has 4 nitrogen and oxygen atoms in total. The molecule has 0 heterocycles. The van der Waals surface area contributed by atoms with Crippen molar-refractivity contribution < 1.29 is 14.3 Å². The minimum atomic E-state index is -0.407. The van der Waals surface area contributed by atoms with Crippen LogP contribution in [0, 0.1) is 29.1 Å². The lowest BCUT2D eigenvalue weighted by molar-refractivity contribution is -0.151. The van der Waals surface area contributed by atoms with Gasteiger partial charge in [-0.3, -0.25) is 9.59 Å². The van der Waals surface area contributed by atoms with Crippen molar-refractivity contribution in [3.63, 3.8) is 0 Å². The van der Waals surface area contributed by atoms with E-state index in [9.17, 15) is 9.59 Å². The Labute approximate surface area is 185 Å². The van der Waals surface area contributed by atoms with Gasteiger partial charge in [-0.15, -0.1) is 0 Å². The Hall–Kier alpha value is -1.55. The van der Waals surface area contributed by atoms with Crippen LogP contribution in [0.3, 0.4) is 0 Å². The van der Waals surface area contributed by atoms with E-state index in [4.69, 9.17) is 16.3 Å². The molecule has 0 aliphatic heterocycles. The first-order chi connectivity index (χ1) is 14.3. The second-order valence-electron chi connectivity index (χ2n) is 10.5. The van der Waals surface area contributed by atoms with Gasteiger partial charge in [-0.25, -0.2) is 0 Å². The van der Waals surface area contributed by atoms with Crippen LogP contribution in [0.4, 0.5) is 0 Å². The molecule has 1 N–H and O–H groups in total. The van der Waals surface area contributed by atoms with Crippen molar-refractivity contribution in [1.82, 2.24) is 5.32 Å². The van der Waals surface area contributed by atoms with E-state index in [0.29, 0.717) is 5.02 Å². The van der Waals surface area contributed by atoms with E-state index >= 15 is 0 Å². The van der Waals surface area contributed by atoms with Gasteiger partial charge in [0.15, 0.2) is 6.61 Å². The number of hydrogen-bond donors (Lipinski definition) is 1. The van der Waals surface area contributed by atoms with Gasteiger partial charge in [0.25, 0.3) is 5.91 Å². The van der Waals surface area contributed by atoms with Crippen molar-refractivity contribution >= 4 is 23.5 Å². The van der Waals surface area contributed by atoms with Gasteiger partial charge in [0.2, 0.25) is 0 Å². The molecule has 5 rings (SSSR count). The second kappa shape index (κ2) is 8.53. The topological polar surface area (TPSA) is 55.4 Å². The molecule has 30 heavy (non-hydrogen) atoms. The number of ether oxygens (including phenoxy) is 1. The van der Waals surface area contributed by atoms with Crippen molar-refractivity contribution in [3.05, 3.63) is 34.9 Å². The Morgan fingerprint density at radius 1 is 1.03 bits per heavy atom. The van der Waals surface area contributed by atoms with Crippen LogP contribution < -0.4 is 5.32 Å². The number of halogens is 1. The maximum Gasteiger partial charge on any atom is 0.314 e. The first-order valence-corrected chi connectivity index (χ1v) is 11.8. The molecule has 1 amide bonds. The Kier molecular flexibility index (Phi) is 6.16. The summed E-state index contributed by atoms with van der Waals surface area (Å²) in [5.74, 6) is 1.65. The molecule has 0 unspecified atom stereocenters.